The molecule has 0 aromatic heterocycles. The fourth-order valence-electron chi connectivity index (χ4n) is 3.08. The summed E-state index contributed by atoms with van der Waals surface area (Å²) in [5.74, 6) is 0.0292. The fourth-order valence-corrected chi connectivity index (χ4v) is 5.04. The highest BCUT2D eigenvalue weighted by Crippen LogP contribution is 2.22. The first kappa shape index (κ1) is 24.4. The summed E-state index contributed by atoms with van der Waals surface area (Å²) in [5, 5.41) is 24.6. The van der Waals surface area contributed by atoms with Gasteiger partial charge >= 0.3 is 0 Å². The van der Waals surface area contributed by atoms with Crippen molar-refractivity contribution < 1.29 is 18.4 Å². The van der Waals surface area contributed by atoms with E-state index in [4.69, 9.17) is 0 Å². The predicted molar refractivity (Wildman–Crippen MR) is 119 cm³/mol. The maximum Gasteiger partial charge on any atom is 0.269 e. The molecule has 2 aromatic carbocycles. The highest BCUT2D eigenvalue weighted by molar-refractivity contribution is 7.89. The Morgan fingerprint density at radius 1 is 1.10 bits per heavy atom. The normalized spacial score (nSPS) is 14.1. The van der Waals surface area contributed by atoms with Gasteiger partial charge in [-0.1, -0.05) is 53.6 Å². The molecular formula is C20H28N3O5PS. The lowest BCUT2D eigenvalue weighted by molar-refractivity contribution is -0.384. The van der Waals surface area contributed by atoms with E-state index in [1.165, 1.54) is 28.6 Å². The molecule has 0 amide bonds. The molecule has 2 aromatic rings. The molecule has 0 aliphatic rings. The summed E-state index contributed by atoms with van der Waals surface area (Å²) in [6, 6.07) is 14.0. The summed E-state index contributed by atoms with van der Waals surface area (Å²) in [4.78, 5) is 10.2. The van der Waals surface area contributed by atoms with Crippen molar-refractivity contribution in [3.8, 4) is 0 Å². The van der Waals surface area contributed by atoms with E-state index >= 15 is 0 Å². The Kier molecular flexibility index (Phi) is 8.88. The Hall–Kier alpha value is -1.90. The Labute approximate surface area is 179 Å². The van der Waals surface area contributed by atoms with Crippen LogP contribution in [0.2, 0.25) is 0 Å². The van der Waals surface area contributed by atoms with E-state index in [0.717, 1.165) is 5.56 Å². The maximum atomic E-state index is 13.2. The van der Waals surface area contributed by atoms with Gasteiger partial charge in [-0.15, -0.1) is 0 Å². The molecule has 10 heteroatoms. The van der Waals surface area contributed by atoms with Crippen LogP contribution in [0.25, 0.3) is 0 Å². The van der Waals surface area contributed by atoms with Gasteiger partial charge in [-0.3, -0.25) is 15.2 Å². The molecule has 0 aliphatic heterocycles. The minimum Gasteiger partial charge on any atom is -0.390 e. The summed E-state index contributed by atoms with van der Waals surface area (Å²) in [7, 11) is -1.55. The van der Waals surface area contributed by atoms with E-state index in [2.05, 4.69) is 14.5 Å². The van der Waals surface area contributed by atoms with Crippen molar-refractivity contribution in [3.63, 3.8) is 0 Å². The van der Waals surface area contributed by atoms with Gasteiger partial charge in [0.25, 0.3) is 5.69 Å². The average molecular weight is 454 g/mol. The maximum absolute atomic E-state index is 13.2. The van der Waals surface area contributed by atoms with Crippen molar-refractivity contribution in [2.75, 3.05) is 13.1 Å². The second kappa shape index (κ2) is 10.9. The minimum absolute atomic E-state index is 0.0292. The molecule has 3 atom stereocenters. The van der Waals surface area contributed by atoms with E-state index < -0.39 is 21.1 Å². The van der Waals surface area contributed by atoms with E-state index in [1.807, 2.05) is 44.2 Å². The average Bonchev–Trinajstić information content (AvgIpc) is 2.71. The van der Waals surface area contributed by atoms with Crippen LogP contribution in [-0.2, 0) is 16.4 Å². The third kappa shape index (κ3) is 6.55. The Bertz CT molecular complexity index is 923. The second-order valence-corrected chi connectivity index (χ2v) is 9.77. The molecule has 0 heterocycles. The number of hydrogen-bond acceptors (Lipinski definition) is 6. The number of benzene rings is 2. The number of hydrogen-bond donors (Lipinski definition) is 2. The monoisotopic (exact) mass is 453 g/mol. The molecule has 0 bridgehead atoms. The number of aliphatic hydroxyl groups is 1. The minimum atomic E-state index is -3.93. The molecule has 8 nitrogen and oxygen atoms in total. The lowest BCUT2D eigenvalue weighted by Crippen LogP contribution is -2.47. The number of non-ortho nitro benzene ring substituents is 1. The first-order valence-corrected chi connectivity index (χ1v) is 11.6. The van der Waals surface area contributed by atoms with Crippen LogP contribution in [0.1, 0.15) is 19.4 Å². The first-order valence-electron chi connectivity index (χ1n) is 9.58. The van der Waals surface area contributed by atoms with Crippen molar-refractivity contribution in [1.29, 1.82) is 0 Å². The largest absolute Gasteiger partial charge is 0.390 e. The van der Waals surface area contributed by atoms with E-state index in [1.54, 1.807) is 0 Å². The fraction of sp³-hybridized carbons (Fsp3) is 0.400. The number of nitro benzene ring substituents is 1. The standard InChI is InChI=1S/C20H28N3O5PS/c1-15(2)13-22(30(27,28)18-10-8-17(9-11-18)23(25)26)14-20(24)19(21-29)12-16-6-4-3-5-7-16/h3-11,15,19-21,24H,12-14,29H2,1-2H3. The van der Waals surface area contributed by atoms with Crippen LogP contribution in [0.15, 0.2) is 59.5 Å². The van der Waals surface area contributed by atoms with Crippen molar-refractivity contribution in [2.45, 2.75) is 37.3 Å². The number of rotatable bonds is 11. The lowest BCUT2D eigenvalue weighted by Gasteiger charge is -2.30. The SMILES string of the molecule is CC(C)CN(CC(O)C(Cc1ccccc1)NP)S(=O)(=O)c1ccc([N+](=O)[O-])cc1. The van der Waals surface area contributed by atoms with Crippen LogP contribution in [0.4, 0.5) is 5.69 Å². The molecule has 30 heavy (non-hydrogen) atoms. The third-order valence-electron chi connectivity index (χ3n) is 4.62. The van der Waals surface area contributed by atoms with E-state index in [0.29, 0.717) is 6.42 Å². The Morgan fingerprint density at radius 3 is 2.20 bits per heavy atom. The topological polar surface area (TPSA) is 113 Å². The van der Waals surface area contributed by atoms with Crippen LogP contribution < -0.4 is 5.09 Å². The third-order valence-corrected chi connectivity index (χ3v) is 6.90. The Balaban J connectivity index is 2.23. The molecule has 2 N–H and O–H groups in total. The van der Waals surface area contributed by atoms with Gasteiger partial charge in [-0.25, -0.2) is 8.42 Å². The second-order valence-electron chi connectivity index (χ2n) is 7.50. The van der Waals surface area contributed by atoms with Gasteiger partial charge in [0, 0.05) is 31.3 Å². The van der Waals surface area contributed by atoms with Crippen molar-refractivity contribution >= 4 is 25.1 Å². The van der Waals surface area contributed by atoms with Crippen LogP contribution in [0.3, 0.4) is 0 Å². The molecule has 0 spiro atoms. The van der Waals surface area contributed by atoms with Crippen molar-refractivity contribution in [1.82, 2.24) is 9.39 Å². The summed E-state index contributed by atoms with van der Waals surface area (Å²) in [5.41, 5.74) is 0.838. The molecule has 0 aliphatic carbocycles. The van der Waals surface area contributed by atoms with Crippen LogP contribution in [-0.4, -0.2) is 48.0 Å². The molecule has 0 saturated carbocycles. The number of sulfonamides is 1. The van der Waals surface area contributed by atoms with E-state index in [9.17, 15) is 23.6 Å². The predicted octanol–water partition coefficient (Wildman–Crippen LogP) is 2.59. The quantitative estimate of drug-likeness (QED) is 0.307. The molecule has 164 valence electrons. The summed E-state index contributed by atoms with van der Waals surface area (Å²) < 4.78 is 27.6. The molecule has 0 fully saturated rings. The summed E-state index contributed by atoms with van der Waals surface area (Å²) in [6.45, 7) is 3.89. The zero-order chi connectivity index (χ0) is 22.3. The highest BCUT2D eigenvalue weighted by Gasteiger charge is 2.30. The number of nitro groups is 1. The van der Waals surface area contributed by atoms with Crippen molar-refractivity contribution in [3.05, 3.63) is 70.3 Å². The van der Waals surface area contributed by atoms with Gasteiger partial charge in [0.2, 0.25) is 10.0 Å². The molecule has 0 radical (unpaired) electrons. The number of nitrogens with zero attached hydrogens (tertiary/aromatic N) is 2. The first-order chi connectivity index (χ1) is 14.1. The van der Waals surface area contributed by atoms with Gasteiger partial charge in [-0.05, 0) is 30.0 Å². The lowest BCUT2D eigenvalue weighted by atomic mass is 10.0. The zero-order valence-corrected chi connectivity index (χ0v) is 19.0. The van der Waals surface area contributed by atoms with Crippen LogP contribution >= 0.6 is 9.39 Å². The van der Waals surface area contributed by atoms with Gasteiger partial charge < -0.3 is 5.11 Å². The molecular weight excluding hydrogens is 425 g/mol. The van der Waals surface area contributed by atoms with Gasteiger partial charge in [-0.2, -0.15) is 4.31 Å². The van der Waals surface area contributed by atoms with Gasteiger partial charge in [0.05, 0.1) is 15.9 Å². The van der Waals surface area contributed by atoms with Gasteiger partial charge in [0.1, 0.15) is 0 Å². The molecule has 2 rings (SSSR count). The van der Waals surface area contributed by atoms with Crippen LogP contribution in [0.5, 0.6) is 0 Å². The zero-order valence-electron chi connectivity index (χ0n) is 17.0. The summed E-state index contributed by atoms with van der Waals surface area (Å²) in [6.07, 6.45) is -0.437. The number of aliphatic hydroxyl groups excluding tert-OH is 1. The smallest absolute Gasteiger partial charge is 0.269 e. The Morgan fingerprint density at radius 2 is 1.70 bits per heavy atom. The molecule has 0 saturated heterocycles. The van der Waals surface area contributed by atoms with Crippen LogP contribution in [0, 0.1) is 16.0 Å². The van der Waals surface area contributed by atoms with E-state index in [-0.39, 0.29) is 35.6 Å². The summed E-state index contributed by atoms with van der Waals surface area (Å²) >= 11 is 0. The molecule has 3 unspecified atom stereocenters. The highest BCUT2D eigenvalue weighted by atomic mass is 32.2. The number of nitrogens with one attached hydrogen (secondary N) is 1. The van der Waals surface area contributed by atoms with Crippen molar-refractivity contribution in [2.24, 2.45) is 5.92 Å². The van der Waals surface area contributed by atoms with Gasteiger partial charge in [0.15, 0.2) is 0 Å².